The van der Waals surface area contributed by atoms with E-state index >= 15 is 0 Å². The van der Waals surface area contributed by atoms with Crippen molar-refractivity contribution in [3.63, 3.8) is 0 Å². The Morgan fingerprint density at radius 1 is 1.67 bits per heavy atom. The van der Waals surface area contributed by atoms with Crippen molar-refractivity contribution >= 4 is 17.1 Å². The molecule has 0 aliphatic heterocycles. The second-order valence-electron chi connectivity index (χ2n) is 3.47. The highest BCUT2D eigenvalue weighted by atomic mass is 32.1. The monoisotopic (exact) mass is 180 g/mol. The van der Waals surface area contributed by atoms with Gasteiger partial charge in [-0.25, -0.2) is 0 Å². The predicted octanol–water partition coefficient (Wildman–Crippen LogP) is 2.98. The Bertz CT molecular complexity index is 272. The van der Waals surface area contributed by atoms with Gasteiger partial charge in [0.05, 0.1) is 4.88 Å². The zero-order valence-corrected chi connectivity index (χ0v) is 7.93. The highest BCUT2D eigenvalue weighted by Crippen LogP contribution is 2.38. The van der Waals surface area contributed by atoms with E-state index in [0.717, 1.165) is 4.88 Å². The topological polar surface area (TPSA) is 17.1 Å². The van der Waals surface area contributed by atoms with Crippen molar-refractivity contribution in [2.45, 2.75) is 19.8 Å². The minimum Gasteiger partial charge on any atom is -0.293 e. The highest BCUT2D eigenvalue weighted by molar-refractivity contribution is 7.12. The van der Waals surface area contributed by atoms with E-state index in [0.29, 0.717) is 11.7 Å². The maximum absolute atomic E-state index is 11.7. The van der Waals surface area contributed by atoms with Crippen LogP contribution in [0.15, 0.2) is 17.5 Å². The van der Waals surface area contributed by atoms with Crippen LogP contribution in [-0.4, -0.2) is 5.78 Å². The fraction of sp³-hybridized carbons (Fsp3) is 0.500. The number of hydrogen-bond acceptors (Lipinski definition) is 2. The van der Waals surface area contributed by atoms with Crippen molar-refractivity contribution in [3.05, 3.63) is 22.4 Å². The number of carbonyl (C=O) groups is 1. The number of hydrogen-bond donors (Lipinski definition) is 0. The minimum absolute atomic E-state index is 0.253. The molecule has 1 heterocycles. The lowest BCUT2D eigenvalue weighted by atomic mass is 10.0. The Morgan fingerprint density at radius 2 is 2.42 bits per heavy atom. The van der Waals surface area contributed by atoms with Crippen LogP contribution in [0.2, 0.25) is 0 Å². The fourth-order valence-corrected chi connectivity index (χ4v) is 2.22. The van der Waals surface area contributed by atoms with Crippen LogP contribution in [0.5, 0.6) is 0 Å². The second-order valence-corrected chi connectivity index (χ2v) is 4.42. The van der Waals surface area contributed by atoms with Crippen LogP contribution in [0.1, 0.15) is 29.4 Å². The first-order valence-corrected chi connectivity index (χ1v) is 5.24. The van der Waals surface area contributed by atoms with E-state index in [4.69, 9.17) is 0 Å². The predicted molar refractivity (Wildman–Crippen MR) is 50.5 cm³/mol. The van der Waals surface area contributed by atoms with Gasteiger partial charge in [-0.05, 0) is 30.2 Å². The second kappa shape index (κ2) is 3.02. The van der Waals surface area contributed by atoms with Gasteiger partial charge in [-0.2, -0.15) is 0 Å². The Morgan fingerprint density at radius 3 is 2.92 bits per heavy atom. The maximum Gasteiger partial charge on any atom is 0.175 e. The van der Waals surface area contributed by atoms with Crippen molar-refractivity contribution in [2.24, 2.45) is 11.8 Å². The van der Waals surface area contributed by atoms with Crippen molar-refractivity contribution in [3.8, 4) is 0 Å². The largest absolute Gasteiger partial charge is 0.293 e. The molecule has 1 aliphatic rings. The molecule has 0 radical (unpaired) electrons. The summed E-state index contributed by atoms with van der Waals surface area (Å²) in [7, 11) is 0. The molecule has 64 valence electrons. The summed E-state index contributed by atoms with van der Waals surface area (Å²) in [6.07, 6.45) is 2.50. The number of rotatable bonds is 3. The quantitative estimate of drug-likeness (QED) is 0.653. The van der Waals surface area contributed by atoms with Gasteiger partial charge in [-0.3, -0.25) is 4.79 Å². The maximum atomic E-state index is 11.7. The fourth-order valence-electron chi connectivity index (χ4n) is 1.45. The molecule has 1 saturated carbocycles. The first-order valence-electron chi connectivity index (χ1n) is 4.37. The van der Waals surface area contributed by atoms with Crippen molar-refractivity contribution in [1.29, 1.82) is 0 Å². The smallest absolute Gasteiger partial charge is 0.175 e. The highest BCUT2D eigenvalue weighted by Gasteiger charge is 2.33. The first kappa shape index (κ1) is 7.99. The van der Waals surface area contributed by atoms with Crippen molar-refractivity contribution in [1.82, 2.24) is 0 Å². The molecule has 1 atom stereocenters. The van der Waals surface area contributed by atoms with E-state index in [-0.39, 0.29) is 5.92 Å². The summed E-state index contributed by atoms with van der Waals surface area (Å²) in [5.41, 5.74) is 0. The minimum atomic E-state index is 0.253. The average Bonchev–Trinajstić information content (AvgIpc) is 2.79. The lowest BCUT2D eigenvalue weighted by Crippen LogP contribution is -2.11. The zero-order valence-electron chi connectivity index (χ0n) is 7.12. The molecule has 12 heavy (non-hydrogen) atoms. The summed E-state index contributed by atoms with van der Waals surface area (Å²) in [6, 6.07) is 3.86. The van der Waals surface area contributed by atoms with Gasteiger partial charge in [0, 0.05) is 5.92 Å². The van der Waals surface area contributed by atoms with E-state index in [1.165, 1.54) is 12.8 Å². The molecular weight excluding hydrogens is 168 g/mol. The van der Waals surface area contributed by atoms with Gasteiger partial charge in [-0.1, -0.05) is 13.0 Å². The summed E-state index contributed by atoms with van der Waals surface area (Å²) in [5, 5.41) is 1.97. The lowest BCUT2D eigenvalue weighted by Gasteiger charge is -2.05. The summed E-state index contributed by atoms with van der Waals surface area (Å²) in [4.78, 5) is 12.6. The van der Waals surface area contributed by atoms with Crippen molar-refractivity contribution < 1.29 is 4.79 Å². The van der Waals surface area contributed by atoms with Gasteiger partial charge < -0.3 is 0 Å². The Labute approximate surface area is 76.4 Å². The third kappa shape index (κ3) is 1.44. The zero-order chi connectivity index (χ0) is 8.55. The van der Waals surface area contributed by atoms with Crippen LogP contribution in [0.25, 0.3) is 0 Å². The molecule has 0 saturated heterocycles. The van der Waals surface area contributed by atoms with E-state index in [1.54, 1.807) is 11.3 Å². The van der Waals surface area contributed by atoms with Gasteiger partial charge in [0.1, 0.15) is 0 Å². The molecule has 2 rings (SSSR count). The van der Waals surface area contributed by atoms with Crippen LogP contribution in [0.3, 0.4) is 0 Å². The summed E-state index contributed by atoms with van der Waals surface area (Å²) in [5.74, 6) is 1.27. The molecule has 1 fully saturated rings. The average molecular weight is 180 g/mol. The molecule has 0 aromatic carbocycles. The van der Waals surface area contributed by atoms with Crippen LogP contribution < -0.4 is 0 Å². The molecule has 1 aliphatic carbocycles. The van der Waals surface area contributed by atoms with E-state index in [1.807, 2.05) is 17.5 Å². The normalized spacial score (nSPS) is 19.1. The summed E-state index contributed by atoms with van der Waals surface area (Å²) in [6.45, 7) is 2.06. The molecule has 0 bridgehead atoms. The van der Waals surface area contributed by atoms with Gasteiger partial charge in [0.2, 0.25) is 0 Å². The number of ketones is 1. The summed E-state index contributed by atoms with van der Waals surface area (Å²) >= 11 is 1.55. The van der Waals surface area contributed by atoms with E-state index in [9.17, 15) is 4.79 Å². The molecule has 1 aromatic heterocycles. The molecule has 0 amide bonds. The molecule has 2 heteroatoms. The number of Topliss-reactive ketones (excluding diaryl/α,β-unsaturated/α-hetero) is 1. The molecule has 1 nitrogen and oxygen atoms in total. The first-order chi connectivity index (χ1) is 5.79. The molecule has 1 aromatic rings. The molecule has 1 unspecified atom stereocenters. The van der Waals surface area contributed by atoms with Crippen LogP contribution in [0.4, 0.5) is 0 Å². The van der Waals surface area contributed by atoms with Gasteiger partial charge in [0.15, 0.2) is 5.78 Å². The van der Waals surface area contributed by atoms with Gasteiger partial charge in [-0.15, -0.1) is 11.3 Å². The van der Waals surface area contributed by atoms with Crippen molar-refractivity contribution in [2.75, 3.05) is 0 Å². The Hall–Kier alpha value is -0.630. The Kier molecular flexibility index (Phi) is 2.01. The number of carbonyl (C=O) groups excluding carboxylic acids is 1. The Balaban J connectivity index is 2.09. The SMILES string of the molecule is CC(C(=O)c1cccs1)C1CC1. The van der Waals surface area contributed by atoms with Crippen LogP contribution >= 0.6 is 11.3 Å². The van der Waals surface area contributed by atoms with Gasteiger partial charge in [0.25, 0.3) is 0 Å². The van der Waals surface area contributed by atoms with E-state index < -0.39 is 0 Å². The third-order valence-corrected chi connectivity index (χ3v) is 3.39. The van der Waals surface area contributed by atoms with Crippen LogP contribution in [0, 0.1) is 11.8 Å². The number of thiophene rings is 1. The summed E-state index contributed by atoms with van der Waals surface area (Å²) < 4.78 is 0. The van der Waals surface area contributed by atoms with Gasteiger partial charge >= 0.3 is 0 Å². The molecule has 0 spiro atoms. The third-order valence-electron chi connectivity index (χ3n) is 2.51. The lowest BCUT2D eigenvalue weighted by molar-refractivity contribution is 0.0920. The van der Waals surface area contributed by atoms with Crippen LogP contribution in [-0.2, 0) is 0 Å². The standard InChI is InChI=1S/C10H12OS/c1-7(8-4-5-8)10(11)9-3-2-6-12-9/h2-3,6-8H,4-5H2,1H3. The molecular formula is C10H12OS. The van der Waals surface area contributed by atoms with E-state index in [2.05, 4.69) is 6.92 Å². The molecule has 0 N–H and O–H groups in total.